The topological polar surface area (TPSA) is 70.6 Å². The van der Waals surface area contributed by atoms with E-state index in [1.807, 2.05) is 0 Å². The van der Waals surface area contributed by atoms with E-state index < -0.39 is 21.7 Å². The molecule has 0 aliphatic carbocycles. The number of carbonyl (C=O) groups is 1. The summed E-state index contributed by atoms with van der Waals surface area (Å²) in [5.41, 5.74) is 0.320. The Kier molecular flexibility index (Phi) is 6.07. The van der Waals surface area contributed by atoms with Gasteiger partial charge >= 0.3 is 0 Å². The molecule has 11 heteroatoms. The van der Waals surface area contributed by atoms with Crippen LogP contribution in [0.25, 0.3) is 10.6 Å². The van der Waals surface area contributed by atoms with Crippen molar-refractivity contribution in [3.63, 3.8) is 0 Å². The van der Waals surface area contributed by atoms with Gasteiger partial charge < -0.3 is 4.90 Å². The van der Waals surface area contributed by atoms with Crippen LogP contribution in [0.2, 0.25) is 5.02 Å². The van der Waals surface area contributed by atoms with Crippen LogP contribution in [0.15, 0.2) is 53.6 Å². The summed E-state index contributed by atoms with van der Waals surface area (Å²) < 4.78 is 54.1. The Balaban J connectivity index is 1.45. The minimum Gasteiger partial charge on any atom is -0.335 e. The Labute approximate surface area is 186 Å². The first kappa shape index (κ1) is 21.8. The number of sulfonamides is 1. The fourth-order valence-electron chi connectivity index (χ4n) is 3.21. The Bertz CT molecular complexity index is 1240. The maximum atomic E-state index is 14.0. The summed E-state index contributed by atoms with van der Waals surface area (Å²) in [7, 11) is -3.86. The molecular weight excluding hydrogens is 468 g/mol. The zero-order chi connectivity index (χ0) is 22.2. The zero-order valence-corrected chi connectivity index (χ0v) is 18.4. The van der Waals surface area contributed by atoms with Crippen molar-refractivity contribution in [3.05, 3.63) is 70.2 Å². The number of piperazine rings is 1. The number of carbonyl (C=O) groups excluding carboxylic acids is 1. The number of hydrogen-bond donors (Lipinski definition) is 0. The number of halogens is 3. The second-order valence-electron chi connectivity index (χ2n) is 6.78. The molecule has 1 aromatic heterocycles. The predicted molar refractivity (Wildman–Crippen MR) is 114 cm³/mol. The van der Waals surface area contributed by atoms with Crippen LogP contribution in [0.3, 0.4) is 0 Å². The molecule has 0 unspecified atom stereocenters. The molecule has 0 radical (unpaired) electrons. The highest BCUT2D eigenvalue weighted by Crippen LogP contribution is 2.29. The Morgan fingerprint density at radius 1 is 1.03 bits per heavy atom. The van der Waals surface area contributed by atoms with Gasteiger partial charge in [0.2, 0.25) is 10.0 Å². The molecule has 1 aliphatic heterocycles. The highest BCUT2D eigenvalue weighted by molar-refractivity contribution is 7.89. The van der Waals surface area contributed by atoms with Crippen molar-refractivity contribution in [2.75, 3.05) is 26.2 Å². The lowest BCUT2D eigenvalue weighted by Crippen LogP contribution is -2.50. The largest absolute Gasteiger partial charge is 0.335 e. The zero-order valence-electron chi connectivity index (χ0n) is 16.0. The van der Waals surface area contributed by atoms with Crippen molar-refractivity contribution >= 4 is 38.9 Å². The number of hydrogen-bond acceptors (Lipinski definition) is 5. The number of amides is 1. The molecule has 0 N–H and O–H groups in total. The molecule has 31 heavy (non-hydrogen) atoms. The third kappa shape index (κ3) is 4.33. The van der Waals surface area contributed by atoms with Crippen molar-refractivity contribution in [3.8, 4) is 10.6 Å². The maximum Gasteiger partial charge on any atom is 0.265 e. The van der Waals surface area contributed by atoms with E-state index in [9.17, 15) is 22.0 Å². The molecule has 6 nitrogen and oxygen atoms in total. The summed E-state index contributed by atoms with van der Waals surface area (Å²) in [5.74, 6) is -1.41. The van der Waals surface area contributed by atoms with Crippen molar-refractivity contribution in [2.24, 2.45) is 0 Å². The Morgan fingerprint density at radius 2 is 1.74 bits per heavy atom. The SMILES string of the molecule is O=C(c1cnc(-c2ccccc2F)s1)N1CCN(S(=O)(=O)c2ccc(F)c(Cl)c2)CC1. The highest BCUT2D eigenvalue weighted by atomic mass is 35.5. The maximum absolute atomic E-state index is 14.0. The summed E-state index contributed by atoms with van der Waals surface area (Å²) in [6, 6.07) is 9.42. The van der Waals surface area contributed by atoms with Crippen LogP contribution in [-0.4, -0.2) is 54.7 Å². The third-order valence-corrected chi connectivity index (χ3v) is 8.08. The van der Waals surface area contributed by atoms with E-state index >= 15 is 0 Å². The molecule has 1 amide bonds. The molecule has 4 rings (SSSR count). The van der Waals surface area contributed by atoms with E-state index in [1.54, 1.807) is 18.2 Å². The second-order valence-corrected chi connectivity index (χ2v) is 10.2. The van der Waals surface area contributed by atoms with Crippen molar-refractivity contribution in [1.29, 1.82) is 0 Å². The minimum atomic E-state index is -3.86. The standard InChI is InChI=1S/C20H16ClF2N3O3S2/c21-15-11-13(5-6-17(15)23)31(28,29)26-9-7-25(8-10-26)20(27)18-12-24-19(30-18)14-3-1-2-4-16(14)22/h1-6,11-12H,7-10H2. The third-order valence-electron chi connectivity index (χ3n) is 4.88. The van der Waals surface area contributed by atoms with Crippen LogP contribution in [0.4, 0.5) is 8.78 Å². The number of thiazole rings is 1. The molecule has 1 aliphatic rings. The minimum absolute atomic E-state index is 0.0854. The van der Waals surface area contributed by atoms with Gasteiger partial charge in [-0.15, -0.1) is 11.3 Å². The fraction of sp³-hybridized carbons (Fsp3) is 0.200. The second kappa shape index (κ2) is 8.62. The van der Waals surface area contributed by atoms with Gasteiger partial charge in [-0.1, -0.05) is 23.7 Å². The number of rotatable bonds is 4. The van der Waals surface area contributed by atoms with Gasteiger partial charge in [0.25, 0.3) is 5.91 Å². The van der Waals surface area contributed by atoms with Gasteiger partial charge in [-0.3, -0.25) is 4.79 Å². The first-order valence-electron chi connectivity index (χ1n) is 9.22. The van der Waals surface area contributed by atoms with E-state index in [1.165, 1.54) is 21.5 Å². The summed E-state index contributed by atoms with van der Waals surface area (Å²) >= 11 is 6.79. The van der Waals surface area contributed by atoms with Crippen molar-refractivity contribution in [2.45, 2.75) is 4.90 Å². The summed E-state index contributed by atoms with van der Waals surface area (Å²) in [6.45, 7) is 0.532. The van der Waals surface area contributed by atoms with Crippen LogP contribution in [0, 0.1) is 11.6 Å². The smallest absolute Gasteiger partial charge is 0.265 e. The molecular formula is C20H16ClF2N3O3S2. The molecule has 0 spiro atoms. The predicted octanol–water partition coefficient (Wildman–Crippen LogP) is 3.89. The van der Waals surface area contributed by atoms with Gasteiger partial charge in [0.15, 0.2) is 0 Å². The van der Waals surface area contributed by atoms with E-state index in [0.717, 1.165) is 29.5 Å². The van der Waals surface area contributed by atoms with Crippen LogP contribution in [0.1, 0.15) is 9.67 Å². The monoisotopic (exact) mass is 483 g/mol. The molecule has 162 valence electrons. The first-order chi connectivity index (χ1) is 14.8. The quantitative estimate of drug-likeness (QED) is 0.564. The van der Waals surface area contributed by atoms with E-state index in [4.69, 9.17) is 11.6 Å². The van der Waals surface area contributed by atoms with Gasteiger partial charge in [-0.25, -0.2) is 22.2 Å². The average Bonchev–Trinajstić information content (AvgIpc) is 3.25. The summed E-state index contributed by atoms with van der Waals surface area (Å²) in [6.07, 6.45) is 1.40. The normalized spacial score (nSPS) is 15.3. The van der Waals surface area contributed by atoms with Gasteiger partial charge in [0.1, 0.15) is 21.5 Å². The van der Waals surface area contributed by atoms with Crippen LogP contribution in [0.5, 0.6) is 0 Å². The molecule has 0 bridgehead atoms. The van der Waals surface area contributed by atoms with Crippen LogP contribution in [-0.2, 0) is 10.0 Å². The molecule has 3 aromatic rings. The van der Waals surface area contributed by atoms with Crippen LogP contribution >= 0.6 is 22.9 Å². The fourth-order valence-corrected chi connectivity index (χ4v) is 5.81. The Hall–Kier alpha value is -2.40. The Morgan fingerprint density at radius 3 is 2.42 bits per heavy atom. The van der Waals surface area contributed by atoms with Crippen molar-refractivity contribution < 1.29 is 22.0 Å². The number of benzene rings is 2. The lowest BCUT2D eigenvalue weighted by molar-refractivity contribution is 0.0702. The highest BCUT2D eigenvalue weighted by Gasteiger charge is 2.31. The van der Waals surface area contributed by atoms with E-state index in [0.29, 0.717) is 15.4 Å². The van der Waals surface area contributed by atoms with Crippen molar-refractivity contribution in [1.82, 2.24) is 14.2 Å². The van der Waals surface area contributed by atoms with Gasteiger partial charge in [-0.05, 0) is 30.3 Å². The number of aromatic nitrogens is 1. The molecule has 1 fully saturated rings. The summed E-state index contributed by atoms with van der Waals surface area (Å²) in [4.78, 5) is 18.7. The van der Waals surface area contributed by atoms with E-state index in [-0.39, 0.29) is 42.0 Å². The summed E-state index contributed by atoms with van der Waals surface area (Å²) in [5, 5.41) is 0.126. The lowest BCUT2D eigenvalue weighted by atomic mass is 10.2. The average molecular weight is 484 g/mol. The van der Waals surface area contributed by atoms with Gasteiger partial charge in [0.05, 0.1) is 16.1 Å². The molecule has 1 saturated heterocycles. The number of nitrogens with zero attached hydrogens (tertiary/aromatic N) is 3. The van der Waals surface area contributed by atoms with Gasteiger partial charge in [-0.2, -0.15) is 4.31 Å². The molecule has 2 heterocycles. The van der Waals surface area contributed by atoms with Gasteiger partial charge in [0, 0.05) is 31.7 Å². The molecule has 0 atom stereocenters. The molecule has 2 aromatic carbocycles. The van der Waals surface area contributed by atoms with Crippen LogP contribution < -0.4 is 0 Å². The lowest BCUT2D eigenvalue weighted by Gasteiger charge is -2.33. The van der Waals surface area contributed by atoms with E-state index in [2.05, 4.69) is 4.98 Å². The first-order valence-corrected chi connectivity index (χ1v) is 11.9. The molecule has 0 saturated carbocycles.